The summed E-state index contributed by atoms with van der Waals surface area (Å²) in [6, 6.07) is 12.1. The first kappa shape index (κ1) is 16.7. The Hall–Kier alpha value is -3.15. The molecule has 0 atom stereocenters. The van der Waals surface area contributed by atoms with Crippen molar-refractivity contribution in [3.63, 3.8) is 0 Å². The molecule has 0 fully saturated rings. The van der Waals surface area contributed by atoms with Crippen molar-refractivity contribution in [3.8, 4) is 5.75 Å². The number of nitrogens with one attached hydrogen (secondary N) is 1. The molecule has 25 heavy (non-hydrogen) atoms. The van der Waals surface area contributed by atoms with E-state index in [1.807, 2.05) is 19.1 Å². The lowest BCUT2D eigenvalue weighted by atomic mass is 10.1. The first-order valence-electron chi connectivity index (χ1n) is 7.89. The topological polar surface area (TPSA) is 75.7 Å². The summed E-state index contributed by atoms with van der Waals surface area (Å²) >= 11 is 0. The lowest BCUT2D eigenvalue weighted by Crippen LogP contribution is -2.41. The Kier molecular flexibility index (Phi) is 4.52. The molecular formula is C19H18N2O4. The Morgan fingerprint density at radius 1 is 1.16 bits per heavy atom. The molecule has 0 saturated heterocycles. The van der Waals surface area contributed by atoms with Crippen LogP contribution in [0.15, 0.2) is 42.5 Å². The van der Waals surface area contributed by atoms with E-state index in [1.54, 1.807) is 35.2 Å². The Morgan fingerprint density at radius 2 is 1.88 bits per heavy atom. The van der Waals surface area contributed by atoms with Crippen molar-refractivity contribution >= 4 is 29.0 Å². The number of carbonyl (C=O) groups excluding carboxylic acids is 3. The van der Waals surface area contributed by atoms with E-state index in [1.165, 1.54) is 6.92 Å². The van der Waals surface area contributed by atoms with Crippen molar-refractivity contribution in [3.05, 3.63) is 53.6 Å². The molecule has 0 radical (unpaired) electrons. The van der Waals surface area contributed by atoms with Crippen molar-refractivity contribution in [2.45, 2.75) is 13.8 Å². The van der Waals surface area contributed by atoms with E-state index in [0.29, 0.717) is 17.0 Å². The van der Waals surface area contributed by atoms with Gasteiger partial charge in [0.1, 0.15) is 6.54 Å². The normalized spacial score (nSPS) is 13.0. The maximum atomic E-state index is 12.3. The van der Waals surface area contributed by atoms with Gasteiger partial charge in [0.2, 0.25) is 5.91 Å². The number of benzene rings is 2. The van der Waals surface area contributed by atoms with E-state index < -0.39 is 5.97 Å². The van der Waals surface area contributed by atoms with Crippen LogP contribution in [-0.4, -0.2) is 30.7 Å². The fourth-order valence-corrected chi connectivity index (χ4v) is 2.66. The van der Waals surface area contributed by atoms with Gasteiger partial charge in [0.15, 0.2) is 11.5 Å². The van der Waals surface area contributed by atoms with Crippen molar-refractivity contribution < 1.29 is 19.1 Å². The number of amides is 1. The highest BCUT2D eigenvalue weighted by molar-refractivity contribution is 5.98. The molecule has 0 bridgehead atoms. The molecule has 1 N–H and O–H groups in total. The standard InChI is InChI=1S/C19H18N2O4/c1-12-3-8-17-16(9-12)21(11-19(24)25-17)10-18(23)20-15-6-4-14(5-7-15)13(2)22/h3-9H,10-11H2,1-2H3,(H,20,23). The second kappa shape index (κ2) is 6.76. The first-order valence-corrected chi connectivity index (χ1v) is 7.89. The number of anilines is 2. The quantitative estimate of drug-likeness (QED) is 0.527. The predicted molar refractivity (Wildman–Crippen MR) is 94.1 cm³/mol. The van der Waals surface area contributed by atoms with Gasteiger partial charge in [-0.05, 0) is 55.8 Å². The summed E-state index contributed by atoms with van der Waals surface area (Å²) < 4.78 is 5.21. The third-order valence-electron chi connectivity index (χ3n) is 3.91. The summed E-state index contributed by atoms with van der Waals surface area (Å²) in [6.07, 6.45) is 0. The number of ketones is 1. The maximum Gasteiger partial charge on any atom is 0.331 e. The molecule has 0 spiro atoms. The van der Waals surface area contributed by atoms with Gasteiger partial charge in [-0.1, -0.05) is 6.07 Å². The zero-order valence-electron chi connectivity index (χ0n) is 14.0. The van der Waals surface area contributed by atoms with Gasteiger partial charge in [0.05, 0.1) is 12.2 Å². The predicted octanol–water partition coefficient (Wildman–Crippen LogP) is 2.56. The lowest BCUT2D eigenvalue weighted by molar-refractivity contribution is -0.133. The molecule has 2 aromatic rings. The molecule has 0 aliphatic carbocycles. The smallest absolute Gasteiger partial charge is 0.331 e. The molecular weight excluding hydrogens is 320 g/mol. The van der Waals surface area contributed by atoms with Crippen LogP contribution in [0, 0.1) is 6.92 Å². The van der Waals surface area contributed by atoms with E-state index in [0.717, 1.165) is 11.3 Å². The van der Waals surface area contributed by atoms with Crippen LogP contribution in [0.1, 0.15) is 22.8 Å². The largest absolute Gasteiger partial charge is 0.423 e. The minimum Gasteiger partial charge on any atom is -0.423 e. The number of aryl methyl sites for hydroxylation is 1. The fourth-order valence-electron chi connectivity index (χ4n) is 2.66. The number of fused-ring (bicyclic) bond motifs is 1. The van der Waals surface area contributed by atoms with Crippen molar-refractivity contribution in [2.24, 2.45) is 0 Å². The molecule has 0 aromatic heterocycles. The summed E-state index contributed by atoms with van der Waals surface area (Å²) in [6.45, 7) is 3.47. The van der Waals surface area contributed by atoms with Crippen LogP contribution in [0.5, 0.6) is 5.75 Å². The number of carbonyl (C=O) groups is 3. The summed E-state index contributed by atoms with van der Waals surface area (Å²) in [5.74, 6) is -0.218. The number of hydrogen-bond acceptors (Lipinski definition) is 5. The van der Waals surface area contributed by atoms with E-state index in [9.17, 15) is 14.4 Å². The molecule has 128 valence electrons. The Balaban J connectivity index is 1.72. The minimum absolute atomic E-state index is 0.0210. The number of hydrogen-bond donors (Lipinski definition) is 1. The first-order chi connectivity index (χ1) is 11.9. The average Bonchev–Trinajstić information content (AvgIpc) is 2.56. The van der Waals surface area contributed by atoms with Crippen molar-refractivity contribution in [2.75, 3.05) is 23.3 Å². The Bertz CT molecular complexity index is 843. The highest BCUT2D eigenvalue weighted by atomic mass is 16.5. The average molecular weight is 338 g/mol. The molecule has 0 unspecified atom stereocenters. The van der Waals surface area contributed by atoms with Gasteiger partial charge < -0.3 is 15.0 Å². The van der Waals surface area contributed by atoms with E-state index >= 15 is 0 Å². The third-order valence-corrected chi connectivity index (χ3v) is 3.91. The lowest BCUT2D eigenvalue weighted by Gasteiger charge is -2.29. The summed E-state index contributed by atoms with van der Waals surface area (Å²) in [5, 5.41) is 2.77. The molecule has 0 saturated carbocycles. The molecule has 1 amide bonds. The molecule has 1 aliphatic heterocycles. The molecule has 3 rings (SSSR count). The minimum atomic E-state index is -0.394. The van der Waals surface area contributed by atoms with Gasteiger partial charge in [0.25, 0.3) is 0 Å². The zero-order valence-corrected chi connectivity index (χ0v) is 14.0. The van der Waals surface area contributed by atoms with Crippen LogP contribution in [-0.2, 0) is 9.59 Å². The van der Waals surface area contributed by atoms with Crippen LogP contribution in [0.3, 0.4) is 0 Å². The van der Waals surface area contributed by atoms with Crippen molar-refractivity contribution in [1.82, 2.24) is 0 Å². The number of nitrogens with zero attached hydrogens (tertiary/aromatic N) is 1. The maximum absolute atomic E-state index is 12.3. The number of rotatable bonds is 4. The van der Waals surface area contributed by atoms with Crippen LogP contribution in [0.2, 0.25) is 0 Å². The SMILES string of the molecule is CC(=O)c1ccc(NC(=O)CN2CC(=O)Oc3ccc(C)cc32)cc1. The highest BCUT2D eigenvalue weighted by Crippen LogP contribution is 2.32. The number of esters is 1. The molecule has 6 heteroatoms. The number of Topliss-reactive ketones (excluding diaryl/α,β-unsaturated/α-hetero) is 1. The fraction of sp³-hybridized carbons (Fsp3) is 0.211. The van der Waals surface area contributed by atoms with E-state index in [4.69, 9.17) is 4.74 Å². The third kappa shape index (κ3) is 3.85. The van der Waals surface area contributed by atoms with Crippen LogP contribution in [0.4, 0.5) is 11.4 Å². The van der Waals surface area contributed by atoms with E-state index in [-0.39, 0.29) is 24.8 Å². The Morgan fingerprint density at radius 3 is 2.56 bits per heavy atom. The monoisotopic (exact) mass is 338 g/mol. The van der Waals surface area contributed by atoms with Crippen LogP contribution in [0.25, 0.3) is 0 Å². The van der Waals surface area contributed by atoms with Gasteiger partial charge >= 0.3 is 5.97 Å². The highest BCUT2D eigenvalue weighted by Gasteiger charge is 2.25. The van der Waals surface area contributed by atoms with Gasteiger partial charge in [-0.15, -0.1) is 0 Å². The summed E-state index contributed by atoms with van der Waals surface area (Å²) in [4.78, 5) is 37.0. The van der Waals surface area contributed by atoms with Crippen LogP contribution < -0.4 is 15.0 Å². The second-order valence-corrected chi connectivity index (χ2v) is 5.98. The van der Waals surface area contributed by atoms with Gasteiger partial charge in [-0.25, -0.2) is 4.79 Å². The summed E-state index contributed by atoms with van der Waals surface area (Å²) in [7, 11) is 0. The summed E-state index contributed by atoms with van der Waals surface area (Å²) in [5.41, 5.74) is 2.92. The molecule has 2 aromatic carbocycles. The van der Waals surface area contributed by atoms with Gasteiger partial charge in [0, 0.05) is 11.3 Å². The second-order valence-electron chi connectivity index (χ2n) is 5.98. The van der Waals surface area contributed by atoms with Gasteiger partial charge in [-0.3, -0.25) is 9.59 Å². The van der Waals surface area contributed by atoms with Gasteiger partial charge in [-0.2, -0.15) is 0 Å². The molecule has 6 nitrogen and oxygen atoms in total. The van der Waals surface area contributed by atoms with Crippen molar-refractivity contribution in [1.29, 1.82) is 0 Å². The van der Waals surface area contributed by atoms with E-state index in [2.05, 4.69) is 5.32 Å². The molecule has 1 aliphatic rings. The molecule has 1 heterocycles. The zero-order chi connectivity index (χ0) is 18.0. The van der Waals surface area contributed by atoms with Crippen LogP contribution >= 0.6 is 0 Å². The Labute approximate surface area is 145 Å². The number of ether oxygens (including phenoxy) is 1.